The molecule has 0 aliphatic carbocycles. The largest absolute Gasteiger partial charge is 0.370 e. The van der Waals surface area contributed by atoms with E-state index in [0.717, 1.165) is 40.6 Å². The summed E-state index contributed by atoms with van der Waals surface area (Å²) >= 11 is 1.42. The first kappa shape index (κ1) is 21.9. The van der Waals surface area contributed by atoms with Crippen molar-refractivity contribution in [2.24, 2.45) is 0 Å². The lowest BCUT2D eigenvalue weighted by Gasteiger charge is -2.11. The van der Waals surface area contributed by atoms with E-state index < -0.39 is 0 Å². The molecule has 2 N–H and O–H groups in total. The maximum absolute atomic E-state index is 14.2. The van der Waals surface area contributed by atoms with E-state index in [-0.39, 0.29) is 11.7 Å². The molecule has 1 amide bonds. The molecule has 0 aliphatic rings. The average Bonchev–Trinajstić information content (AvgIpc) is 3.28. The predicted molar refractivity (Wildman–Crippen MR) is 129 cm³/mol. The van der Waals surface area contributed by atoms with Crippen molar-refractivity contribution in [2.75, 3.05) is 18.9 Å². The Bertz CT molecular complexity index is 1250. The fraction of sp³-hybridized carbons (Fsp3) is 0.240. The molecule has 2 heterocycles. The lowest BCUT2D eigenvalue weighted by atomic mass is 9.98. The maximum atomic E-state index is 14.2. The monoisotopic (exact) mass is 448 g/mol. The Hall–Kier alpha value is -3.32. The van der Waals surface area contributed by atoms with Crippen molar-refractivity contribution in [2.45, 2.75) is 26.2 Å². The highest BCUT2D eigenvalue weighted by molar-refractivity contribution is 7.17. The Morgan fingerprint density at radius 1 is 1.09 bits per heavy atom. The van der Waals surface area contributed by atoms with E-state index in [1.54, 1.807) is 13.1 Å². The lowest BCUT2D eigenvalue weighted by Crippen LogP contribution is -2.19. The third-order valence-corrected chi connectivity index (χ3v) is 6.28. The zero-order valence-corrected chi connectivity index (χ0v) is 18.9. The van der Waals surface area contributed by atoms with Crippen LogP contribution in [0.4, 0.5) is 10.2 Å². The first-order valence-corrected chi connectivity index (χ1v) is 11.5. The molecule has 7 heteroatoms. The zero-order chi connectivity index (χ0) is 22.5. The van der Waals surface area contributed by atoms with E-state index >= 15 is 0 Å². The Morgan fingerprint density at radius 3 is 2.78 bits per heavy atom. The molecule has 32 heavy (non-hydrogen) atoms. The van der Waals surface area contributed by atoms with Crippen molar-refractivity contribution in [1.82, 2.24) is 15.3 Å². The summed E-state index contributed by atoms with van der Waals surface area (Å²) in [5, 5.41) is 8.86. The number of hydrogen-bond donors (Lipinski definition) is 2. The van der Waals surface area contributed by atoms with Crippen molar-refractivity contribution in [3.63, 3.8) is 0 Å². The van der Waals surface area contributed by atoms with Gasteiger partial charge >= 0.3 is 0 Å². The van der Waals surface area contributed by atoms with Crippen LogP contribution in [0.2, 0.25) is 0 Å². The summed E-state index contributed by atoms with van der Waals surface area (Å²) in [6.45, 7) is 2.72. The molecule has 0 saturated heterocycles. The van der Waals surface area contributed by atoms with Gasteiger partial charge in [-0.15, -0.1) is 11.3 Å². The van der Waals surface area contributed by atoms with Gasteiger partial charge in [0.1, 0.15) is 18.0 Å². The molecule has 0 fully saturated rings. The number of carbonyl (C=O) groups is 1. The number of halogens is 1. The maximum Gasteiger partial charge on any atom is 0.251 e. The van der Waals surface area contributed by atoms with Crippen molar-refractivity contribution >= 4 is 33.1 Å². The summed E-state index contributed by atoms with van der Waals surface area (Å²) in [5.41, 5.74) is 4.37. The number of anilines is 1. The minimum absolute atomic E-state index is 0.0814. The normalized spacial score (nSPS) is 11.0. The molecule has 0 aliphatic heterocycles. The highest BCUT2D eigenvalue weighted by atomic mass is 32.1. The van der Waals surface area contributed by atoms with Gasteiger partial charge in [-0.3, -0.25) is 4.79 Å². The first-order chi connectivity index (χ1) is 15.6. The lowest BCUT2D eigenvalue weighted by molar-refractivity contribution is 0.0962. The Balaban J connectivity index is 1.48. The molecule has 0 atom stereocenters. The highest BCUT2D eigenvalue weighted by Gasteiger charge is 2.12. The van der Waals surface area contributed by atoms with Gasteiger partial charge < -0.3 is 10.6 Å². The van der Waals surface area contributed by atoms with Gasteiger partial charge in [0.25, 0.3) is 5.91 Å². The van der Waals surface area contributed by atoms with Gasteiger partial charge in [0.15, 0.2) is 0 Å². The topological polar surface area (TPSA) is 66.9 Å². The third kappa shape index (κ3) is 4.78. The number of fused-ring (bicyclic) bond motifs is 1. The SMILES string of the molecule is CCCc1cc(-c2cc(NCCc3cc(F)c4sccc4c3)ncn2)ccc1C(=O)NC. The number of amides is 1. The van der Waals surface area contributed by atoms with Crippen LogP contribution in [0.15, 0.2) is 54.2 Å². The smallest absolute Gasteiger partial charge is 0.251 e. The molecular weight excluding hydrogens is 423 g/mol. The number of carbonyl (C=O) groups excluding carboxylic acids is 1. The summed E-state index contributed by atoms with van der Waals surface area (Å²) < 4.78 is 14.9. The standard InChI is InChI=1S/C25H25FN4OS/c1-3-4-17-13-18(5-6-20(17)25(31)27-2)22-14-23(30-15-29-22)28-9-7-16-11-19-8-10-32-24(19)21(26)12-16/h5-6,8,10-15H,3-4,7,9H2,1-2H3,(H,27,31)(H,28,29,30). The van der Waals surface area contributed by atoms with Gasteiger partial charge in [0.05, 0.1) is 10.4 Å². The summed E-state index contributed by atoms with van der Waals surface area (Å²) in [4.78, 5) is 20.9. The van der Waals surface area contributed by atoms with Crippen LogP contribution in [0.5, 0.6) is 0 Å². The van der Waals surface area contributed by atoms with Crippen LogP contribution in [-0.2, 0) is 12.8 Å². The number of nitrogens with zero attached hydrogens (tertiary/aromatic N) is 2. The Labute approximate surface area is 190 Å². The molecule has 0 radical (unpaired) electrons. The number of aryl methyl sites for hydroxylation is 1. The second kappa shape index (κ2) is 9.87. The number of aromatic nitrogens is 2. The van der Waals surface area contributed by atoms with E-state index in [0.29, 0.717) is 29.0 Å². The van der Waals surface area contributed by atoms with Crippen molar-refractivity contribution in [3.8, 4) is 11.3 Å². The third-order valence-electron chi connectivity index (χ3n) is 5.34. The van der Waals surface area contributed by atoms with Gasteiger partial charge in [0.2, 0.25) is 0 Å². The molecule has 5 nitrogen and oxygen atoms in total. The summed E-state index contributed by atoms with van der Waals surface area (Å²) in [6.07, 6.45) is 3.98. The summed E-state index contributed by atoms with van der Waals surface area (Å²) in [7, 11) is 1.64. The highest BCUT2D eigenvalue weighted by Crippen LogP contribution is 2.26. The second-order valence-electron chi connectivity index (χ2n) is 7.58. The van der Waals surface area contributed by atoms with Gasteiger partial charge in [-0.25, -0.2) is 14.4 Å². The summed E-state index contributed by atoms with van der Waals surface area (Å²) in [5.74, 6) is 0.460. The van der Waals surface area contributed by atoms with Gasteiger partial charge in [0, 0.05) is 30.8 Å². The van der Waals surface area contributed by atoms with Gasteiger partial charge in [-0.2, -0.15) is 0 Å². The molecular formula is C25H25FN4OS. The molecule has 0 spiro atoms. The molecule has 4 aromatic rings. The van der Waals surface area contributed by atoms with Gasteiger partial charge in [-0.05, 0) is 59.0 Å². The first-order valence-electron chi connectivity index (χ1n) is 10.7. The van der Waals surface area contributed by atoms with Crippen molar-refractivity contribution in [1.29, 1.82) is 0 Å². The molecule has 164 valence electrons. The quantitative estimate of drug-likeness (QED) is 0.375. The number of benzene rings is 2. The van der Waals surface area contributed by atoms with Gasteiger partial charge in [-0.1, -0.05) is 25.5 Å². The molecule has 0 unspecified atom stereocenters. The van der Waals surface area contributed by atoms with E-state index in [1.807, 2.05) is 41.8 Å². The van der Waals surface area contributed by atoms with Crippen molar-refractivity contribution < 1.29 is 9.18 Å². The minimum atomic E-state index is -0.167. The van der Waals surface area contributed by atoms with Crippen LogP contribution in [0.1, 0.15) is 34.8 Å². The van der Waals surface area contributed by atoms with E-state index in [2.05, 4.69) is 27.5 Å². The van der Waals surface area contributed by atoms with E-state index in [4.69, 9.17) is 0 Å². The molecule has 4 rings (SSSR count). The molecule has 2 aromatic carbocycles. The van der Waals surface area contributed by atoms with E-state index in [1.165, 1.54) is 17.7 Å². The number of hydrogen-bond acceptors (Lipinski definition) is 5. The predicted octanol–water partition coefficient (Wildman–Crippen LogP) is 5.46. The molecule has 0 bridgehead atoms. The van der Waals surface area contributed by atoms with Crippen LogP contribution in [-0.4, -0.2) is 29.5 Å². The molecule has 2 aromatic heterocycles. The Morgan fingerprint density at radius 2 is 1.97 bits per heavy atom. The van der Waals surface area contributed by atoms with Crippen LogP contribution in [0.3, 0.4) is 0 Å². The van der Waals surface area contributed by atoms with Crippen LogP contribution >= 0.6 is 11.3 Å². The minimum Gasteiger partial charge on any atom is -0.370 e. The fourth-order valence-electron chi connectivity index (χ4n) is 3.77. The average molecular weight is 449 g/mol. The number of thiophene rings is 1. The van der Waals surface area contributed by atoms with Crippen LogP contribution in [0, 0.1) is 5.82 Å². The second-order valence-corrected chi connectivity index (χ2v) is 8.50. The summed E-state index contributed by atoms with van der Waals surface area (Å²) in [6, 6.07) is 13.3. The van der Waals surface area contributed by atoms with E-state index in [9.17, 15) is 9.18 Å². The van der Waals surface area contributed by atoms with Crippen LogP contribution < -0.4 is 10.6 Å². The number of nitrogens with one attached hydrogen (secondary N) is 2. The van der Waals surface area contributed by atoms with Crippen molar-refractivity contribution in [3.05, 3.63) is 76.7 Å². The van der Waals surface area contributed by atoms with Crippen LogP contribution in [0.25, 0.3) is 21.3 Å². The Kier molecular flexibility index (Phi) is 6.75. The molecule has 0 saturated carbocycles. The zero-order valence-electron chi connectivity index (χ0n) is 18.1. The number of rotatable bonds is 8. The fourth-order valence-corrected chi connectivity index (χ4v) is 4.56.